The van der Waals surface area contributed by atoms with Gasteiger partial charge in [-0.15, -0.1) is 0 Å². The molecule has 1 aromatic carbocycles. The molecule has 2 aromatic rings. The van der Waals surface area contributed by atoms with E-state index in [1.807, 2.05) is 13.0 Å². The predicted molar refractivity (Wildman–Crippen MR) is 84.1 cm³/mol. The molecule has 1 aromatic heterocycles. The molecule has 21 heavy (non-hydrogen) atoms. The summed E-state index contributed by atoms with van der Waals surface area (Å²) in [5, 5.41) is 4.45. The highest BCUT2D eigenvalue weighted by Crippen LogP contribution is 2.27. The molecule has 0 bridgehead atoms. The smallest absolute Gasteiger partial charge is 0.121 e. The summed E-state index contributed by atoms with van der Waals surface area (Å²) in [6.07, 6.45) is 2.54. The number of rotatable bonds is 6. The Bertz CT molecular complexity index is 635. The van der Waals surface area contributed by atoms with Crippen molar-refractivity contribution < 1.29 is 9.15 Å². The van der Waals surface area contributed by atoms with Crippen molar-refractivity contribution in [1.82, 2.24) is 5.32 Å². The molecule has 1 fully saturated rings. The van der Waals surface area contributed by atoms with E-state index < -0.39 is 0 Å². The van der Waals surface area contributed by atoms with Gasteiger partial charge in [-0.25, -0.2) is 0 Å². The average molecular weight is 326 g/mol. The van der Waals surface area contributed by atoms with E-state index in [9.17, 15) is 0 Å². The molecule has 0 unspecified atom stereocenters. The second-order valence-corrected chi connectivity index (χ2v) is 6.13. The van der Waals surface area contributed by atoms with Crippen LogP contribution in [0.3, 0.4) is 0 Å². The number of ether oxygens (including phenoxy) is 1. The van der Waals surface area contributed by atoms with Crippen LogP contribution in [0.5, 0.6) is 5.75 Å². The first-order valence-electron chi connectivity index (χ1n) is 7.01. The minimum Gasteiger partial charge on any atom is -0.489 e. The van der Waals surface area contributed by atoms with Gasteiger partial charge in [-0.3, -0.25) is 0 Å². The van der Waals surface area contributed by atoms with Gasteiger partial charge in [0.1, 0.15) is 23.9 Å². The lowest BCUT2D eigenvalue weighted by atomic mass is 10.2. The van der Waals surface area contributed by atoms with E-state index in [1.165, 1.54) is 12.8 Å². The third-order valence-corrected chi connectivity index (χ3v) is 4.24. The highest BCUT2D eigenvalue weighted by Gasteiger charge is 2.20. The molecule has 3 rings (SSSR count). The molecule has 3 nitrogen and oxygen atoms in total. The van der Waals surface area contributed by atoms with E-state index in [2.05, 4.69) is 5.32 Å². The Morgan fingerprint density at radius 1 is 1.24 bits per heavy atom. The lowest BCUT2D eigenvalue weighted by Gasteiger charge is -2.06. The lowest BCUT2D eigenvalue weighted by Crippen LogP contribution is -2.14. The van der Waals surface area contributed by atoms with Crippen LogP contribution < -0.4 is 10.1 Å². The summed E-state index contributed by atoms with van der Waals surface area (Å²) < 4.78 is 11.5. The van der Waals surface area contributed by atoms with Crippen LogP contribution in [0.4, 0.5) is 0 Å². The van der Waals surface area contributed by atoms with Gasteiger partial charge in [0.15, 0.2) is 0 Å². The van der Waals surface area contributed by atoms with Crippen molar-refractivity contribution in [3.8, 4) is 5.75 Å². The van der Waals surface area contributed by atoms with E-state index in [1.54, 1.807) is 18.2 Å². The van der Waals surface area contributed by atoms with Gasteiger partial charge in [-0.2, -0.15) is 0 Å². The third kappa shape index (κ3) is 3.94. The summed E-state index contributed by atoms with van der Waals surface area (Å²) in [5.74, 6) is 2.54. The number of aryl methyl sites for hydroxylation is 1. The second-order valence-electron chi connectivity index (χ2n) is 5.31. The first kappa shape index (κ1) is 14.8. The average Bonchev–Trinajstić information content (AvgIpc) is 3.22. The molecule has 0 atom stereocenters. The van der Waals surface area contributed by atoms with Crippen molar-refractivity contribution in [3.63, 3.8) is 0 Å². The fraction of sp³-hybridized carbons (Fsp3) is 0.375. The Morgan fingerprint density at radius 3 is 2.76 bits per heavy atom. The molecule has 1 saturated carbocycles. The minimum atomic E-state index is 0.455. The van der Waals surface area contributed by atoms with Gasteiger partial charge in [-0.05, 0) is 38.0 Å². The SMILES string of the molecule is Cc1oc(CNC2CC2)cc1COc1ccc(Cl)c(Cl)c1. The molecule has 0 radical (unpaired) electrons. The van der Waals surface area contributed by atoms with E-state index in [-0.39, 0.29) is 0 Å². The standard InChI is InChI=1S/C16H17Cl2NO2/c1-10-11(6-14(21-10)8-19-12-2-3-12)9-20-13-4-5-15(17)16(18)7-13/h4-7,12,19H,2-3,8-9H2,1H3. The molecule has 1 N–H and O–H groups in total. The third-order valence-electron chi connectivity index (χ3n) is 3.50. The van der Waals surface area contributed by atoms with Crippen molar-refractivity contribution in [1.29, 1.82) is 0 Å². The molecule has 0 aliphatic heterocycles. The fourth-order valence-electron chi connectivity index (χ4n) is 2.08. The monoisotopic (exact) mass is 325 g/mol. The number of hydrogen-bond donors (Lipinski definition) is 1. The van der Waals surface area contributed by atoms with Crippen LogP contribution in [0.2, 0.25) is 10.0 Å². The van der Waals surface area contributed by atoms with E-state index >= 15 is 0 Å². The Balaban J connectivity index is 1.59. The summed E-state index contributed by atoms with van der Waals surface area (Å²) >= 11 is 11.9. The van der Waals surface area contributed by atoms with E-state index in [0.29, 0.717) is 28.4 Å². The summed E-state index contributed by atoms with van der Waals surface area (Å²) in [6, 6.07) is 7.97. The van der Waals surface area contributed by atoms with Crippen molar-refractivity contribution in [2.24, 2.45) is 0 Å². The summed E-state index contributed by atoms with van der Waals surface area (Å²) in [5.41, 5.74) is 1.05. The van der Waals surface area contributed by atoms with Gasteiger partial charge in [0.25, 0.3) is 0 Å². The Labute approximate surface area is 134 Å². The van der Waals surface area contributed by atoms with Crippen molar-refractivity contribution in [2.45, 2.75) is 39.0 Å². The molecule has 0 amide bonds. The largest absolute Gasteiger partial charge is 0.489 e. The van der Waals surface area contributed by atoms with Crippen LogP contribution in [-0.4, -0.2) is 6.04 Å². The molecule has 1 aliphatic carbocycles. The molecule has 0 spiro atoms. The molecular formula is C16H17Cl2NO2. The Hall–Kier alpha value is -1.16. The van der Waals surface area contributed by atoms with E-state index in [0.717, 1.165) is 23.6 Å². The number of nitrogens with one attached hydrogen (secondary N) is 1. The summed E-state index contributed by atoms with van der Waals surface area (Å²) in [7, 11) is 0. The first-order chi connectivity index (χ1) is 10.1. The van der Waals surface area contributed by atoms with Gasteiger partial charge >= 0.3 is 0 Å². The number of halogens is 2. The van der Waals surface area contributed by atoms with Crippen LogP contribution >= 0.6 is 23.2 Å². The van der Waals surface area contributed by atoms with Crippen LogP contribution in [-0.2, 0) is 13.2 Å². The van der Waals surface area contributed by atoms with Crippen molar-refractivity contribution >= 4 is 23.2 Å². The lowest BCUT2D eigenvalue weighted by molar-refractivity contribution is 0.303. The van der Waals surface area contributed by atoms with Crippen LogP contribution in [0.15, 0.2) is 28.7 Å². The molecule has 1 aliphatic rings. The zero-order chi connectivity index (χ0) is 14.8. The summed E-state index contributed by atoms with van der Waals surface area (Å²) in [6.45, 7) is 3.18. The fourth-order valence-corrected chi connectivity index (χ4v) is 2.37. The maximum absolute atomic E-state index is 5.97. The van der Waals surface area contributed by atoms with Crippen molar-refractivity contribution in [3.05, 3.63) is 51.4 Å². The first-order valence-corrected chi connectivity index (χ1v) is 7.77. The minimum absolute atomic E-state index is 0.455. The normalized spacial score (nSPS) is 14.4. The molecule has 5 heteroatoms. The second kappa shape index (κ2) is 6.30. The Kier molecular flexibility index (Phi) is 4.43. The topological polar surface area (TPSA) is 34.4 Å². The maximum atomic E-state index is 5.97. The van der Waals surface area contributed by atoms with Gasteiger partial charge in [0, 0.05) is 17.7 Å². The maximum Gasteiger partial charge on any atom is 0.121 e. The van der Waals surface area contributed by atoms with Gasteiger partial charge < -0.3 is 14.5 Å². The number of furan rings is 1. The molecular weight excluding hydrogens is 309 g/mol. The van der Waals surface area contributed by atoms with Gasteiger partial charge in [0.2, 0.25) is 0 Å². The molecule has 1 heterocycles. The molecule has 112 valence electrons. The number of benzene rings is 1. The predicted octanol–water partition coefficient (Wildman–Crippen LogP) is 4.73. The van der Waals surface area contributed by atoms with Gasteiger partial charge in [0.05, 0.1) is 16.6 Å². The Morgan fingerprint density at radius 2 is 2.05 bits per heavy atom. The number of hydrogen-bond acceptors (Lipinski definition) is 3. The van der Waals surface area contributed by atoms with Crippen LogP contribution in [0.25, 0.3) is 0 Å². The zero-order valence-corrected chi connectivity index (χ0v) is 13.3. The highest BCUT2D eigenvalue weighted by molar-refractivity contribution is 6.42. The van der Waals surface area contributed by atoms with Gasteiger partial charge in [-0.1, -0.05) is 23.2 Å². The molecule has 0 saturated heterocycles. The van der Waals surface area contributed by atoms with E-state index in [4.69, 9.17) is 32.4 Å². The van der Waals surface area contributed by atoms with Crippen molar-refractivity contribution in [2.75, 3.05) is 0 Å². The van der Waals surface area contributed by atoms with Crippen LogP contribution in [0, 0.1) is 6.92 Å². The highest BCUT2D eigenvalue weighted by atomic mass is 35.5. The van der Waals surface area contributed by atoms with Crippen LogP contribution in [0.1, 0.15) is 29.9 Å². The zero-order valence-electron chi connectivity index (χ0n) is 11.8. The quantitative estimate of drug-likeness (QED) is 0.834. The summed E-state index contributed by atoms with van der Waals surface area (Å²) in [4.78, 5) is 0.